The van der Waals surface area contributed by atoms with Crippen LogP contribution in [0.2, 0.25) is 0 Å². The van der Waals surface area contributed by atoms with Gasteiger partial charge in [0.25, 0.3) is 0 Å². The molecule has 1 aliphatic rings. The summed E-state index contributed by atoms with van der Waals surface area (Å²) in [5.41, 5.74) is 4.10. The summed E-state index contributed by atoms with van der Waals surface area (Å²) >= 11 is 0. The maximum absolute atomic E-state index is 12.0. The molecule has 1 aliphatic heterocycles. The third-order valence-corrected chi connectivity index (χ3v) is 4.36. The van der Waals surface area contributed by atoms with Crippen LogP contribution >= 0.6 is 0 Å². The van der Waals surface area contributed by atoms with Crippen LogP contribution < -0.4 is 10.6 Å². The van der Waals surface area contributed by atoms with E-state index in [1.54, 1.807) is 0 Å². The van der Waals surface area contributed by atoms with Crippen LogP contribution in [0.3, 0.4) is 0 Å². The van der Waals surface area contributed by atoms with Crippen LogP contribution in [0.25, 0.3) is 0 Å². The molecule has 0 bridgehead atoms. The van der Waals surface area contributed by atoms with Gasteiger partial charge in [0.1, 0.15) is 0 Å². The molecule has 0 aromatic heterocycles. The monoisotopic (exact) mass is 274 g/mol. The predicted molar refractivity (Wildman–Crippen MR) is 82.1 cm³/mol. The lowest BCUT2D eigenvalue weighted by Crippen LogP contribution is -2.28. The molecular weight excluding hydrogens is 248 g/mol. The number of nitrogens with one attached hydrogen (secondary N) is 2. The zero-order chi connectivity index (χ0) is 14.8. The third kappa shape index (κ3) is 3.83. The Morgan fingerprint density at radius 2 is 2.00 bits per heavy atom. The smallest absolute Gasteiger partial charge is 0.220 e. The molecule has 110 valence electrons. The lowest BCUT2D eigenvalue weighted by molar-refractivity contribution is -0.122. The van der Waals surface area contributed by atoms with Gasteiger partial charge in [-0.3, -0.25) is 4.79 Å². The average molecular weight is 274 g/mol. The zero-order valence-electron chi connectivity index (χ0n) is 13.0. The number of carbonyl (C=O) groups excluding carboxylic acids is 1. The normalized spacial score (nSPS) is 15.8. The van der Waals surface area contributed by atoms with Gasteiger partial charge in [-0.1, -0.05) is 45.9 Å². The van der Waals surface area contributed by atoms with Crippen molar-refractivity contribution in [1.82, 2.24) is 10.6 Å². The van der Waals surface area contributed by atoms with Crippen LogP contribution in [0.15, 0.2) is 18.2 Å². The first-order valence-electron chi connectivity index (χ1n) is 7.44. The molecule has 0 fully saturated rings. The SMILES string of the molecule is CC(CC(=O)NCc1ccc2c(c1)CNC2)C(C)(C)C. The van der Waals surface area contributed by atoms with Crippen LogP contribution in [0.5, 0.6) is 0 Å². The number of carbonyl (C=O) groups is 1. The number of benzene rings is 1. The maximum atomic E-state index is 12.0. The summed E-state index contributed by atoms with van der Waals surface area (Å²) in [7, 11) is 0. The van der Waals surface area contributed by atoms with E-state index in [9.17, 15) is 4.79 Å². The largest absolute Gasteiger partial charge is 0.352 e. The van der Waals surface area contributed by atoms with Crippen molar-refractivity contribution >= 4 is 5.91 Å². The molecule has 1 atom stereocenters. The Kier molecular flexibility index (Phi) is 4.48. The first kappa shape index (κ1) is 15.0. The Morgan fingerprint density at radius 1 is 1.30 bits per heavy atom. The van der Waals surface area contributed by atoms with Crippen LogP contribution in [0, 0.1) is 11.3 Å². The van der Waals surface area contributed by atoms with Gasteiger partial charge in [0.15, 0.2) is 0 Å². The quantitative estimate of drug-likeness (QED) is 0.886. The molecule has 2 rings (SSSR count). The van der Waals surface area contributed by atoms with E-state index < -0.39 is 0 Å². The fourth-order valence-electron chi connectivity index (χ4n) is 2.32. The lowest BCUT2D eigenvalue weighted by atomic mass is 9.80. The van der Waals surface area contributed by atoms with Gasteiger partial charge >= 0.3 is 0 Å². The fraction of sp³-hybridized carbons (Fsp3) is 0.588. The number of hydrogen-bond donors (Lipinski definition) is 2. The van der Waals surface area contributed by atoms with E-state index in [0.29, 0.717) is 18.9 Å². The van der Waals surface area contributed by atoms with Gasteiger partial charge in [-0.2, -0.15) is 0 Å². The molecule has 1 aromatic rings. The van der Waals surface area contributed by atoms with Gasteiger partial charge in [-0.25, -0.2) is 0 Å². The molecule has 0 spiro atoms. The van der Waals surface area contributed by atoms with E-state index in [4.69, 9.17) is 0 Å². The van der Waals surface area contributed by atoms with E-state index in [1.807, 2.05) is 0 Å². The Bertz CT molecular complexity index is 488. The highest BCUT2D eigenvalue weighted by atomic mass is 16.1. The van der Waals surface area contributed by atoms with E-state index in [-0.39, 0.29) is 11.3 Å². The van der Waals surface area contributed by atoms with Crippen molar-refractivity contribution in [2.24, 2.45) is 11.3 Å². The van der Waals surface area contributed by atoms with Gasteiger partial charge in [0.2, 0.25) is 5.91 Å². The second kappa shape index (κ2) is 5.96. The van der Waals surface area contributed by atoms with Crippen molar-refractivity contribution in [2.75, 3.05) is 0 Å². The van der Waals surface area contributed by atoms with E-state index in [2.05, 4.69) is 56.5 Å². The molecule has 2 N–H and O–H groups in total. The van der Waals surface area contributed by atoms with Gasteiger partial charge in [0.05, 0.1) is 0 Å². The van der Waals surface area contributed by atoms with Crippen molar-refractivity contribution in [3.8, 4) is 0 Å². The molecule has 1 amide bonds. The molecule has 1 unspecified atom stereocenters. The van der Waals surface area contributed by atoms with Crippen LogP contribution in [-0.4, -0.2) is 5.91 Å². The Hall–Kier alpha value is -1.35. The molecule has 0 radical (unpaired) electrons. The first-order valence-corrected chi connectivity index (χ1v) is 7.44. The van der Waals surface area contributed by atoms with Crippen LogP contribution in [0.4, 0.5) is 0 Å². The number of amides is 1. The summed E-state index contributed by atoms with van der Waals surface area (Å²) in [4.78, 5) is 12.0. The molecule has 0 saturated carbocycles. The van der Waals surface area contributed by atoms with E-state index in [1.165, 1.54) is 16.7 Å². The van der Waals surface area contributed by atoms with E-state index in [0.717, 1.165) is 13.1 Å². The summed E-state index contributed by atoms with van der Waals surface area (Å²) in [5.74, 6) is 0.526. The molecular formula is C17H26N2O. The summed E-state index contributed by atoms with van der Waals surface area (Å²) in [6.07, 6.45) is 0.593. The molecule has 3 heteroatoms. The fourth-order valence-corrected chi connectivity index (χ4v) is 2.32. The summed E-state index contributed by atoms with van der Waals surface area (Å²) in [6.45, 7) is 11.2. The van der Waals surface area contributed by atoms with E-state index >= 15 is 0 Å². The molecule has 1 heterocycles. The molecule has 0 aliphatic carbocycles. The highest BCUT2D eigenvalue weighted by Crippen LogP contribution is 2.27. The Labute approximate surface area is 122 Å². The Morgan fingerprint density at radius 3 is 2.70 bits per heavy atom. The van der Waals surface area contributed by atoms with Gasteiger partial charge in [-0.05, 0) is 28.0 Å². The molecule has 1 aromatic carbocycles. The minimum atomic E-state index is 0.144. The predicted octanol–water partition coefficient (Wildman–Crippen LogP) is 2.98. The van der Waals surface area contributed by atoms with Crippen molar-refractivity contribution in [3.05, 3.63) is 34.9 Å². The summed E-state index contributed by atoms with van der Waals surface area (Å²) in [6, 6.07) is 6.47. The number of fused-ring (bicyclic) bond motifs is 1. The second-order valence-corrected chi connectivity index (χ2v) is 6.95. The minimum absolute atomic E-state index is 0.144. The zero-order valence-corrected chi connectivity index (χ0v) is 13.0. The van der Waals surface area contributed by atoms with Crippen LogP contribution in [0.1, 0.15) is 50.8 Å². The highest BCUT2D eigenvalue weighted by Gasteiger charge is 2.22. The Balaban J connectivity index is 1.85. The topological polar surface area (TPSA) is 41.1 Å². The number of hydrogen-bond acceptors (Lipinski definition) is 2. The average Bonchev–Trinajstić information content (AvgIpc) is 2.82. The van der Waals surface area contributed by atoms with Gasteiger partial charge in [0, 0.05) is 26.1 Å². The number of rotatable bonds is 4. The third-order valence-electron chi connectivity index (χ3n) is 4.36. The molecule has 20 heavy (non-hydrogen) atoms. The summed E-state index contributed by atoms with van der Waals surface area (Å²) < 4.78 is 0. The minimum Gasteiger partial charge on any atom is -0.352 e. The summed E-state index contributed by atoms with van der Waals surface area (Å²) in [5, 5.41) is 6.37. The van der Waals surface area contributed by atoms with Crippen molar-refractivity contribution in [1.29, 1.82) is 0 Å². The molecule has 3 nitrogen and oxygen atoms in total. The van der Waals surface area contributed by atoms with Gasteiger partial charge in [-0.15, -0.1) is 0 Å². The lowest BCUT2D eigenvalue weighted by Gasteiger charge is -2.26. The standard InChI is InChI=1S/C17H26N2O/c1-12(17(2,3)4)7-16(20)19-9-13-5-6-14-10-18-11-15(14)8-13/h5-6,8,12,18H,7,9-11H2,1-4H3,(H,19,20). The molecule has 0 saturated heterocycles. The van der Waals surface area contributed by atoms with Crippen molar-refractivity contribution < 1.29 is 4.79 Å². The van der Waals surface area contributed by atoms with Crippen molar-refractivity contribution in [2.45, 2.75) is 53.8 Å². The maximum Gasteiger partial charge on any atom is 0.220 e. The van der Waals surface area contributed by atoms with Crippen molar-refractivity contribution in [3.63, 3.8) is 0 Å². The van der Waals surface area contributed by atoms with Crippen LogP contribution in [-0.2, 0) is 24.4 Å². The van der Waals surface area contributed by atoms with Gasteiger partial charge < -0.3 is 10.6 Å². The first-order chi connectivity index (χ1) is 9.36. The second-order valence-electron chi connectivity index (χ2n) is 6.95. The highest BCUT2D eigenvalue weighted by molar-refractivity contribution is 5.76.